The molecule has 0 unspecified atom stereocenters. The van der Waals surface area contributed by atoms with E-state index < -0.39 is 18.1 Å². The van der Waals surface area contributed by atoms with E-state index in [-0.39, 0.29) is 6.54 Å². The first-order chi connectivity index (χ1) is 9.04. The first-order valence-electron chi connectivity index (χ1n) is 5.72. The molecular formula is C12H17N3O4. The molecule has 0 spiro atoms. The van der Waals surface area contributed by atoms with Crippen molar-refractivity contribution in [3.05, 3.63) is 29.8 Å². The van der Waals surface area contributed by atoms with E-state index in [0.717, 1.165) is 5.56 Å². The smallest absolute Gasteiger partial charge is 0.334 e. The van der Waals surface area contributed by atoms with E-state index in [1.54, 1.807) is 19.2 Å². The Morgan fingerprint density at radius 2 is 2.00 bits per heavy atom. The molecule has 1 atom stereocenters. The van der Waals surface area contributed by atoms with Crippen LogP contribution in [0.5, 0.6) is 0 Å². The van der Waals surface area contributed by atoms with E-state index in [0.29, 0.717) is 12.2 Å². The minimum atomic E-state index is -1.61. The number of amides is 2. The molecule has 0 aromatic heterocycles. The van der Waals surface area contributed by atoms with Crippen molar-refractivity contribution in [2.45, 2.75) is 12.6 Å². The molecule has 1 aromatic carbocycles. The Hall–Kier alpha value is -2.12. The van der Waals surface area contributed by atoms with E-state index in [1.807, 2.05) is 12.1 Å². The van der Waals surface area contributed by atoms with Gasteiger partial charge in [0.15, 0.2) is 6.10 Å². The summed E-state index contributed by atoms with van der Waals surface area (Å²) in [5.74, 6) is -1.38. The highest BCUT2D eigenvalue weighted by atomic mass is 16.4. The predicted octanol–water partition coefficient (Wildman–Crippen LogP) is -0.0270. The third-order valence-electron chi connectivity index (χ3n) is 2.37. The topological polar surface area (TPSA) is 111 Å². The van der Waals surface area contributed by atoms with Crippen LogP contribution in [0.4, 0.5) is 10.5 Å². The maximum absolute atomic E-state index is 11.5. The second-order valence-corrected chi connectivity index (χ2v) is 3.88. The molecule has 5 N–H and O–H groups in total. The van der Waals surface area contributed by atoms with Crippen molar-refractivity contribution in [3.8, 4) is 0 Å². The number of para-hydroxylation sites is 1. The van der Waals surface area contributed by atoms with Gasteiger partial charge in [0.1, 0.15) is 0 Å². The van der Waals surface area contributed by atoms with Crippen LogP contribution in [0.15, 0.2) is 24.3 Å². The second kappa shape index (κ2) is 7.34. The van der Waals surface area contributed by atoms with Crippen LogP contribution in [0.1, 0.15) is 5.56 Å². The Bertz CT molecular complexity index is 450. The van der Waals surface area contributed by atoms with E-state index in [2.05, 4.69) is 16.0 Å². The summed E-state index contributed by atoms with van der Waals surface area (Å²) < 4.78 is 0. The number of hydrogen-bond acceptors (Lipinski definition) is 4. The minimum Gasteiger partial charge on any atom is -0.479 e. The molecule has 0 fully saturated rings. The van der Waals surface area contributed by atoms with Gasteiger partial charge in [-0.1, -0.05) is 18.2 Å². The third-order valence-corrected chi connectivity index (χ3v) is 2.37. The number of rotatable bonds is 6. The maximum atomic E-state index is 11.5. The molecule has 2 amide bonds. The summed E-state index contributed by atoms with van der Waals surface area (Å²) in [5.41, 5.74) is 1.53. The van der Waals surface area contributed by atoms with Gasteiger partial charge in [0.05, 0.1) is 6.54 Å². The quantitative estimate of drug-likeness (QED) is 0.497. The average molecular weight is 267 g/mol. The summed E-state index contributed by atoms with van der Waals surface area (Å²) >= 11 is 0. The molecule has 0 radical (unpaired) electrons. The number of anilines is 1. The third kappa shape index (κ3) is 4.94. The van der Waals surface area contributed by atoms with Crippen molar-refractivity contribution >= 4 is 17.7 Å². The fourth-order valence-corrected chi connectivity index (χ4v) is 1.43. The van der Waals surface area contributed by atoms with E-state index >= 15 is 0 Å². The van der Waals surface area contributed by atoms with Crippen LogP contribution >= 0.6 is 0 Å². The van der Waals surface area contributed by atoms with Crippen LogP contribution in [0.3, 0.4) is 0 Å². The monoisotopic (exact) mass is 267 g/mol. The number of nitrogens with one attached hydrogen (secondary N) is 3. The Labute approximate surface area is 110 Å². The molecule has 0 aliphatic heterocycles. The summed E-state index contributed by atoms with van der Waals surface area (Å²) in [7, 11) is 1.79. The average Bonchev–Trinajstić information content (AvgIpc) is 2.38. The molecule has 0 aliphatic carbocycles. The molecular weight excluding hydrogens is 250 g/mol. The van der Waals surface area contributed by atoms with E-state index in [1.165, 1.54) is 0 Å². The number of aliphatic carboxylic acids is 1. The van der Waals surface area contributed by atoms with Gasteiger partial charge < -0.3 is 26.2 Å². The number of carboxylic acids is 1. The van der Waals surface area contributed by atoms with Gasteiger partial charge in [-0.3, -0.25) is 0 Å². The predicted molar refractivity (Wildman–Crippen MR) is 69.9 cm³/mol. The Morgan fingerprint density at radius 1 is 1.32 bits per heavy atom. The lowest BCUT2D eigenvalue weighted by Gasteiger charge is -2.12. The number of aliphatic hydroxyl groups is 1. The van der Waals surface area contributed by atoms with Crippen LogP contribution in [0.25, 0.3) is 0 Å². The highest BCUT2D eigenvalue weighted by Crippen LogP contribution is 2.14. The normalized spacial score (nSPS) is 11.7. The second-order valence-electron chi connectivity index (χ2n) is 3.88. The zero-order chi connectivity index (χ0) is 14.3. The molecule has 0 saturated carbocycles. The number of benzene rings is 1. The number of carbonyl (C=O) groups is 2. The van der Waals surface area contributed by atoms with Gasteiger partial charge in [-0.05, 0) is 18.7 Å². The Balaban J connectivity index is 2.55. The van der Waals surface area contributed by atoms with Crippen LogP contribution < -0.4 is 16.0 Å². The summed E-state index contributed by atoms with van der Waals surface area (Å²) in [5, 5.41) is 25.3. The number of carbonyl (C=O) groups excluding carboxylic acids is 1. The SMILES string of the molecule is CNCc1ccccc1NC(=O)NC[C@H](O)C(=O)O. The van der Waals surface area contributed by atoms with Gasteiger partial charge in [-0.25, -0.2) is 9.59 Å². The standard InChI is InChI=1S/C12H17N3O4/c1-13-6-8-4-2-3-5-9(8)15-12(19)14-7-10(16)11(17)18/h2-5,10,13,16H,6-7H2,1H3,(H,17,18)(H2,14,15,19)/t10-/m0/s1. The highest BCUT2D eigenvalue weighted by molar-refractivity contribution is 5.90. The number of urea groups is 1. The van der Waals surface area contributed by atoms with Gasteiger partial charge in [-0.2, -0.15) is 0 Å². The first-order valence-corrected chi connectivity index (χ1v) is 5.72. The lowest BCUT2D eigenvalue weighted by atomic mass is 10.2. The molecule has 0 bridgehead atoms. The van der Waals surface area contributed by atoms with Gasteiger partial charge in [0.25, 0.3) is 0 Å². The van der Waals surface area contributed by atoms with Crippen LogP contribution in [0, 0.1) is 0 Å². The summed E-state index contributed by atoms with van der Waals surface area (Å²) in [6.45, 7) is 0.240. The summed E-state index contributed by atoms with van der Waals surface area (Å²) in [6, 6.07) is 6.66. The largest absolute Gasteiger partial charge is 0.479 e. The number of hydrogen-bond donors (Lipinski definition) is 5. The van der Waals surface area contributed by atoms with Gasteiger partial charge in [0, 0.05) is 12.2 Å². The van der Waals surface area contributed by atoms with Crippen molar-refractivity contribution in [2.24, 2.45) is 0 Å². The fourth-order valence-electron chi connectivity index (χ4n) is 1.43. The van der Waals surface area contributed by atoms with Gasteiger partial charge in [0.2, 0.25) is 0 Å². The van der Waals surface area contributed by atoms with Crippen molar-refractivity contribution in [1.82, 2.24) is 10.6 Å². The minimum absolute atomic E-state index is 0.352. The molecule has 0 heterocycles. The molecule has 7 nitrogen and oxygen atoms in total. The van der Waals surface area contributed by atoms with Crippen molar-refractivity contribution in [1.29, 1.82) is 0 Å². The maximum Gasteiger partial charge on any atom is 0.334 e. The molecule has 1 aromatic rings. The summed E-state index contributed by atoms with van der Waals surface area (Å²) in [6.07, 6.45) is -1.61. The van der Waals surface area contributed by atoms with Crippen LogP contribution in [-0.2, 0) is 11.3 Å². The number of aliphatic hydroxyl groups excluding tert-OH is 1. The fraction of sp³-hybridized carbons (Fsp3) is 0.333. The molecule has 19 heavy (non-hydrogen) atoms. The highest BCUT2D eigenvalue weighted by Gasteiger charge is 2.14. The molecule has 0 saturated heterocycles. The Kier molecular flexibility index (Phi) is 5.77. The van der Waals surface area contributed by atoms with E-state index in [4.69, 9.17) is 10.2 Å². The van der Waals surface area contributed by atoms with Gasteiger partial charge >= 0.3 is 12.0 Å². The molecule has 1 rings (SSSR count). The zero-order valence-corrected chi connectivity index (χ0v) is 10.5. The van der Waals surface area contributed by atoms with Crippen LogP contribution in [-0.4, -0.2) is 41.9 Å². The first kappa shape index (κ1) is 14.9. The lowest BCUT2D eigenvalue weighted by Crippen LogP contribution is -2.38. The number of carboxylic acid groups (broad SMARTS) is 1. The molecule has 0 aliphatic rings. The zero-order valence-electron chi connectivity index (χ0n) is 10.5. The lowest BCUT2D eigenvalue weighted by molar-refractivity contribution is -0.146. The van der Waals surface area contributed by atoms with Crippen molar-refractivity contribution in [2.75, 3.05) is 18.9 Å². The molecule has 7 heteroatoms. The Morgan fingerprint density at radius 3 is 2.63 bits per heavy atom. The van der Waals surface area contributed by atoms with Gasteiger partial charge in [-0.15, -0.1) is 0 Å². The summed E-state index contributed by atoms with van der Waals surface area (Å²) in [4.78, 5) is 21.9. The van der Waals surface area contributed by atoms with Crippen molar-refractivity contribution in [3.63, 3.8) is 0 Å². The van der Waals surface area contributed by atoms with Crippen LogP contribution in [0.2, 0.25) is 0 Å². The van der Waals surface area contributed by atoms with E-state index in [9.17, 15) is 9.59 Å². The van der Waals surface area contributed by atoms with Crippen molar-refractivity contribution < 1.29 is 19.8 Å². The molecule has 104 valence electrons.